The molecule has 2 N–H and O–H groups in total. The van der Waals surface area contributed by atoms with Crippen molar-refractivity contribution in [1.82, 2.24) is 0 Å². The molecular formula is C18H11F3N2O3. The second kappa shape index (κ2) is 7.53. The molecule has 0 saturated carbocycles. The highest BCUT2D eigenvalue weighted by Gasteiger charge is 2.30. The van der Waals surface area contributed by atoms with Crippen LogP contribution < -0.4 is 5.32 Å². The van der Waals surface area contributed by atoms with E-state index in [1.54, 1.807) is 6.07 Å². The van der Waals surface area contributed by atoms with Gasteiger partial charge in [0.05, 0.1) is 11.1 Å². The second-order valence-corrected chi connectivity index (χ2v) is 5.13. The van der Waals surface area contributed by atoms with Gasteiger partial charge < -0.3 is 10.4 Å². The van der Waals surface area contributed by atoms with E-state index in [9.17, 15) is 22.8 Å². The number of benzene rings is 2. The average Bonchev–Trinajstić information content (AvgIpc) is 2.59. The highest BCUT2D eigenvalue weighted by atomic mass is 19.4. The van der Waals surface area contributed by atoms with Crippen molar-refractivity contribution in [2.75, 3.05) is 5.32 Å². The van der Waals surface area contributed by atoms with Crippen molar-refractivity contribution < 1.29 is 27.9 Å². The smallest absolute Gasteiger partial charge is 0.416 e. The van der Waals surface area contributed by atoms with Crippen LogP contribution >= 0.6 is 0 Å². The largest absolute Gasteiger partial charge is 0.478 e. The Bertz CT molecular complexity index is 911. The van der Waals surface area contributed by atoms with Gasteiger partial charge in [0.15, 0.2) is 0 Å². The Balaban J connectivity index is 2.22. The van der Waals surface area contributed by atoms with Crippen LogP contribution in [0.25, 0.3) is 6.08 Å². The first-order chi connectivity index (χ1) is 12.2. The number of carboxylic acids is 1. The van der Waals surface area contributed by atoms with E-state index in [4.69, 9.17) is 10.4 Å². The molecule has 0 bridgehead atoms. The van der Waals surface area contributed by atoms with Crippen molar-refractivity contribution in [3.05, 3.63) is 70.8 Å². The second-order valence-electron chi connectivity index (χ2n) is 5.13. The number of carbonyl (C=O) groups excluding carboxylic acids is 1. The molecule has 2 aromatic carbocycles. The summed E-state index contributed by atoms with van der Waals surface area (Å²) in [6, 6.07) is 11.0. The molecule has 0 aliphatic carbocycles. The zero-order valence-corrected chi connectivity index (χ0v) is 13.0. The van der Waals surface area contributed by atoms with E-state index in [1.807, 2.05) is 0 Å². The van der Waals surface area contributed by atoms with Gasteiger partial charge >= 0.3 is 12.1 Å². The quantitative estimate of drug-likeness (QED) is 0.638. The lowest BCUT2D eigenvalue weighted by molar-refractivity contribution is -0.137. The van der Waals surface area contributed by atoms with E-state index >= 15 is 0 Å². The van der Waals surface area contributed by atoms with E-state index in [-0.39, 0.29) is 16.8 Å². The van der Waals surface area contributed by atoms with Crippen LogP contribution in [0.1, 0.15) is 21.5 Å². The number of hydrogen-bond donors (Lipinski definition) is 2. The van der Waals surface area contributed by atoms with Gasteiger partial charge in [-0.2, -0.15) is 18.4 Å². The van der Waals surface area contributed by atoms with Crippen molar-refractivity contribution in [1.29, 1.82) is 5.26 Å². The number of anilines is 1. The zero-order valence-electron chi connectivity index (χ0n) is 13.0. The molecule has 0 fully saturated rings. The van der Waals surface area contributed by atoms with Crippen molar-refractivity contribution in [2.24, 2.45) is 0 Å². The number of hydrogen-bond acceptors (Lipinski definition) is 3. The van der Waals surface area contributed by atoms with Crippen molar-refractivity contribution in [2.45, 2.75) is 6.18 Å². The van der Waals surface area contributed by atoms with Gasteiger partial charge in [-0.15, -0.1) is 0 Å². The van der Waals surface area contributed by atoms with E-state index in [1.165, 1.54) is 36.4 Å². The number of nitriles is 1. The number of amides is 1. The summed E-state index contributed by atoms with van der Waals surface area (Å²) in [4.78, 5) is 22.9. The van der Waals surface area contributed by atoms with E-state index in [0.29, 0.717) is 0 Å². The summed E-state index contributed by atoms with van der Waals surface area (Å²) in [6.45, 7) is 0. The van der Waals surface area contributed by atoms with Crippen LogP contribution in [0.15, 0.2) is 54.1 Å². The maximum Gasteiger partial charge on any atom is 0.416 e. The molecule has 0 unspecified atom stereocenters. The Morgan fingerprint density at radius 2 is 1.77 bits per heavy atom. The molecule has 0 aliphatic heterocycles. The van der Waals surface area contributed by atoms with E-state index < -0.39 is 29.2 Å². The summed E-state index contributed by atoms with van der Waals surface area (Å²) in [5.41, 5.74) is -0.985. The molecule has 1 amide bonds. The summed E-state index contributed by atoms with van der Waals surface area (Å²) in [5.74, 6) is -1.96. The first-order valence-electron chi connectivity index (χ1n) is 7.14. The third kappa shape index (κ3) is 4.70. The molecule has 0 heterocycles. The monoisotopic (exact) mass is 360 g/mol. The Kier molecular flexibility index (Phi) is 5.42. The Morgan fingerprint density at radius 3 is 2.31 bits per heavy atom. The SMILES string of the molecule is N#C/C(=C\c1cccc(C(F)(F)F)c1)C(=O)Nc1ccc(C(=O)O)cc1. The number of halogens is 3. The Labute approximate surface area is 146 Å². The standard InChI is InChI=1S/C18H11F3N2O3/c19-18(20,21)14-3-1-2-11(9-14)8-13(10-22)16(24)23-15-6-4-12(5-7-15)17(25)26/h1-9H,(H,23,24)(H,25,26)/b13-8+. The van der Waals surface area contributed by atoms with Crippen LogP contribution in [0.2, 0.25) is 0 Å². The van der Waals surface area contributed by atoms with Gasteiger partial charge in [-0.3, -0.25) is 4.79 Å². The topological polar surface area (TPSA) is 90.2 Å². The third-order valence-corrected chi connectivity index (χ3v) is 3.28. The summed E-state index contributed by atoms with van der Waals surface area (Å²) in [5, 5.41) is 20.3. The van der Waals surface area contributed by atoms with E-state index in [0.717, 1.165) is 18.2 Å². The number of carboxylic acid groups (broad SMARTS) is 1. The Hall–Kier alpha value is -3.60. The lowest BCUT2D eigenvalue weighted by Gasteiger charge is -2.07. The maximum absolute atomic E-state index is 12.7. The molecule has 0 atom stereocenters. The molecule has 0 radical (unpaired) electrons. The molecule has 132 valence electrons. The minimum Gasteiger partial charge on any atom is -0.478 e. The normalized spacial score (nSPS) is 11.5. The summed E-state index contributed by atoms with van der Waals surface area (Å²) < 4.78 is 38.1. The molecule has 2 rings (SSSR count). The predicted molar refractivity (Wildman–Crippen MR) is 87.1 cm³/mol. The van der Waals surface area contributed by atoms with Gasteiger partial charge in [0, 0.05) is 5.69 Å². The van der Waals surface area contributed by atoms with Crippen LogP contribution in [0.4, 0.5) is 18.9 Å². The average molecular weight is 360 g/mol. The number of alkyl halides is 3. The highest BCUT2D eigenvalue weighted by Crippen LogP contribution is 2.30. The number of nitrogens with zero attached hydrogens (tertiary/aromatic N) is 1. The molecule has 5 nitrogen and oxygen atoms in total. The van der Waals surface area contributed by atoms with Crippen LogP contribution in [-0.2, 0) is 11.0 Å². The van der Waals surface area contributed by atoms with Gasteiger partial charge in [-0.25, -0.2) is 4.79 Å². The lowest BCUT2D eigenvalue weighted by Crippen LogP contribution is -2.13. The van der Waals surface area contributed by atoms with Crippen LogP contribution in [-0.4, -0.2) is 17.0 Å². The van der Waals surface area contributed by atoms with Gasteiger partial charge in [0.2, 0.25) is 0 Å². The number of aromatic carboxylic acids is 1. The maximum atomic E-state index is 12.7. The zero-order chi connectivity index (χ0) is 19.3. The Morgan fingerprint density at radius 1 is 1.12 bits per heavy atom. The number of carbonyl (C=O) groups is 2. The summed E-state index contributed by atoms with van der Waals surface area (Å²) in [6.07, 6.45) is -3.50. The highest BCUT2D eigenvalue weighted by molar-refractivity contribution is 6.09. The molecule has 0 spiro atoms. The number of nitrogens with one attached hydrogen (secondary N) is 1. The fourth-order valence-corrected chi connectivity index (χ4v) is 2.01. The molecule has 8 heteroatoms. The first-order valence-corrected chi connectivity index (χ1v) is 7.14. The van der Waals surface area contributed by atoms with Gasteiger partial charge in [-0.1, -0.05) is 12.1 Å². The first kappa shape index (κ1) is 18.7. The van der Waals surface area contributed by atoms with Crippen molar-refractivity contribution in [3.8, 4) is 6.07 Å². The van der Waals surface area contributed by atoms with Crippen LogP contribution in [0.5, 0.6) is 0 Å². The third-order valence-electron chi connectivity index (χ3n) is 3.28. The molecular weight excluding hydrogens is 349 g/mol. The minimum atomic E-state index is -4.54. The fourth-order valence-electron chi connectivity index (χ4n) is 2.01. The van der Waals surface area contributed by atoms with Crippen LogP contribution in [0.3, 0.4) is 0 Å². The van der Waals surface area contributed by atoms with Gasteiger partial charge in [0.25, 0.3) is 5.91 Å². The summed E-state index contributed by atoms with van der Waals surface area (Å²) in [7, 11) is 0. The van der Waals surface area contributed by atoms with Gasteiger partial charge in [0.1, 0.15) is 11.6 Å². The molecule has 0 aliphatic rings. The minimum absolute atomic E-state index is 0.0167. The lowest BCUT2D eigenvalue weighted by atomic mass is 10.1. The summed E-state index contributed by atoms with van der Waals surface area (Å²) >= 11 is 0. The van der Waals surface area contributed by atoms with Crippen LogP contribution in [0, 0.1) is 11.3 Å². The predicted octanol–water partition coefficient (Wildman–Crippen LogP) is 3.95. The fraction of sp³-hybridized carbons (Fsp3) is 0.0556. The van der Waals surface area contributed by atoms with Crippen molar-refractivity contribution in [3.63, 3.8) is 0 Å². The van der Waals surface area contributed by atoms with E-state index in [2.05, 4.69) is 5.32 Å². The molecule has 0 aromatic heterocycles. The molecule has 0 saturated heterocycles. The van der Waals surface area contributed by atoms with Crippen molar-refractivity contribution >= 4 is 23.6 Å². The van der Waals surface area contributed by atoms with Gasteiger partial charge in [-0.05, 0) is 48.0 Å². The molecule has 2 aromatic rings. The number of rotatable bonds is 4. The molecule has 26 heavy (non-hydrogen) atoms.